The smallest absolute Gasteiger partial charge is 0.211 e. The van der Waals surface area contributed by atoms with Crippen LogP contribution in [0, 0.1) is 6.92 Å². The van der Waals surface area contributed by atoms with Crippen LogP contribution >= 0.6 is 0 Å². The fourth-order valence-corrected chi connectivity index (χ4v) is 1.51. The molecule has 0 aliphatic heterocycles. The topological polar surface area (TPSA) is 56.0 Å². The Morgan fingerprint density at radius 1 is 1.19 bits per heavy atom. The van der Waals surface area contributed by atoms with Crippen LogP contribution in [-0.2, 0) is 0 Å². The van der Waals surface area contributed by atoms with Crippen LogP contribution in [0.15, 0.2) is 42.6 Å². The molecule has 1 aromatic heterocycles. The molecule has 2 aromatic rings. The molecule has 1 aromatic carbocycles. The van der Waals surface area contributed by atoms with Crippen molar-refractivity contribution in [3.8, 4) is 0 Å². The lowest BCUT2D eigenvalue weighted by Crippen LogP contribution is -2.06. The summed E-state index contributed by atoms with van der Waals surface area (Å²) in [5, 5.41) is 0. The number of rotatable bonds is 2. The number of pyridine rings is 1. The predicted octanol–water partition coefficient (Wildman–Crippen LogP) is 2.20. The molecule has 0 radical (unpaired) electrons. The highest BCUT2D eigenvalue weighted by Gasteiger charge is 2.11. The van der Waals surface area contributed by atoms with Crippen LogP contribution in [0.1, 0.15) is 21.6 Å². The van der Waals surface area contributed by atoms with E-state index in [1.165, 1.54) is 6.20 Å². The lowest BCUT2D eigenvalue weighted by molar-refractivity contribution is 0.103. The Labute approximate surface area is 93.9 Å². The Bertz CT molecular complexity index is 518. The van der Waals surface area contributed by atoms with Gasteiger partial charge in [-0.3, -0.25) is 9.78 Å². The summed E-state index contributed by atoms with van der Waals surface area (Å²) in [6.45, 7) is 1.91. The van der Waals surface area contributed by atoms with Gasteiger partial charge in [0, 0.05) is 5.56 Å². The number of hydrogen-bond donors (Lipinski definition) is 1. The van der Waals surface area contributed by atoms with Crippen molar-refractivity contribution in [2.75, 3.05) is 5.73 Å². The molecule has 16 heavy (non-hydrogen) atoms. The maximum Gasteiger partial charge on any atom is 0.211 e. The summed E-state index contributed by atoms with van der Waals surface area (Å²) in [6, 6.07) is 10.8. The molecule has 2 N–H and O–H groups in total. The second-order valence-electron chi connectivity index (χ2n) is 3.62. The second-order valence-corrected chi connectivity index (χ2v) is 3.62. The highest BCUT2D eigenvalue weighted by atomic mass is 16.1. The van der Waals surface area contributed by atoms with Gasteiger partial charge in [0.15, 0.2) is 0 Å². The zero-order chi connectivity index (χ0) is 11.5. The van der Waals surface area contributed by atoms with Gasteiger partial charge in [-0.25, -0.2) is 0 Å². The van der Waals surface area contributed by atoms with E-state index >= 15 is 0 Å². The summed E-state index contributed by atoms with van der Waals surface area (Å²) >= 11 is 0. The normalized spacial score (nSPS) is 10.1. The Balaban J connectivity index is 2.40. The Kier molecular flexibility index (Phi) is 2.68. The van der Waals surface area contributed by atoms with Crippen molar-refractivity contribution in [3.05, 3.63) is 59.4 Å². The zero-order valence-corrected chi connectivity index (χ0v) is 8.97. The van der Waals surface area contributed by atoms with E-state index in [4.69, 9.17) is 5.73 Å². The predicted molar refractivity (Wildman–Crippen MR) is 63.3 cm³/mol. The number of carbonyl (C=O) groups excluding carboxylic acids is 1. The van der Waals surface area contributed by atoms with Gasteiger partial charge in [-0.05, 0) is 24.6 Å². The fraction of sp³-hybridized carbons (Fsp3) is 0.0769. The molecule has 1 heterocycles. The van der Waals surface area contributed by atoms with Crippen LogP contribution in [-0.4, -0.2) is 10.8 Å². The zero-order valence-electron chi connectivity index (χ0n) is 8.97. The van der Waals surface area contributed by atoms with Gasteiger partial charge in [0.2, 0.25) is 5.78 Å². The number of anilines is 1. The first-order chi connectivity index (χ1) is 7.68. The standard InChI is InChI=1S/C13H12N2O/c1-9-4-2-3-5-11(9)13(16)12-7-6-10(14)8-15-12/h2-8H,14H2,1H3. The van der Waals surface area contributed by atoms with E-state index in [1.807, 2.05) is 25.1 Å². The summed E-state index contributed by atoms with van der Waals surface area (Å²) in [5.41, 5.74) is 8.13. The van der Waals surface area contributed by atoms with Gasteiger partial charge in [0.1, 0.15) is 5.69 Å². The number of ketones is 1. The molecule has 0 saturated heterocycles. The maximum absolute atomic E-state index is 12.1. The van der Waals surface area contributed by atoms with E-state index in [9.17, 15) is 4.79 Å². The molecule has 0 aliphatic rings. The summed E-state index contributed by atoms with van der Waals surface area (Å²) in [6.07, 6.45) is 1.49. The number of aryl methyl sites for hydroxylation is 1. The van der Waals surface area contributed by atoms with Crippen molar-refractivity contribution in [3.63, 3.8) is 0 Å². The highest BCUT2D eigenvalue weighted by molar-refractivity contribution is 6.08. The van der Waals surface area contributed by atoms with Crippen molar-refractivity contribution < 1.29 is 4.79 Å². The van der Waals surface area contributed by atoms with Crippen LogP contribution < -0.4 is 5.73 Å². The van der Waals surface area contributed by atoms with Crippen LogP contribution in [0.5, 0.6) is 0 Å². The fourth-order valence-electron chi connectivity index (χ4n) is 1.51. The minimum absolute atomic E-state index is 0.0712. The number of benzene rings is 1. The van der Waals surface area contributed by atoms with Crippen molar-refractivity contribution in [2.45, 2.75) is 6.92 Å². The van der Waals surface area contributed by atoms with E-state index in [-0.39, 0.29) is 5.78 Å². The van der Waals surface area contributed by atoms with Crippen LogP contribution in [0.25, 0.3) is 0 Å². The number of hydrogen-bond acceptors (Lipinski definition) is 3. The van der Waals surface area contributed by atoms with E-state index in [0.29, 0.717) is 16.9 Å². The first kappa shape index (κ1) is 10.4. The Hall–Kier alpha value is -2.16. The number of carbonyl (C=O) groups is 1. The van der Waals surface area contributed by atoms with E-state index < -0.39 is 0 Å². The summed E-state index contributed by atoms with van der Waals surface area (Å²) in [7, 11) is 0. The SMILES string of the molecule is Cc1ccccc1C(=O)c1ccc(N)cn1. The van der Waals surface area contributed by atoms with Crippen LogP contribution in [0.3, 0.4) is 0 Å². The van der Waals surface area contributed by atoms with E-state index in [1.54, 1.807) is 18.2 Å². The van der Waals surface area contributed by atoms with Gasteiger partial charge in [-0.1, -0.05) is 24.3 Å². The molecule has 3 nitrogen and oxygen atoms in total. The monoisotopic (exact) mass is 212 g/mol. The van der Waals surface area contributed by atoms with Crippen molar-refractivity contribution in [1.29, 1.82) is 0 Å². The molecular formula is C13H12N2O. The largest absolute Gasteiger partial charge is 0.397 e. The van der Waals surface area contributed by atoms with Gasteiger partial charge < -0.3 is 5.73 Å². The Morgan fingerprint density at radius 2 is 1.94 bits per heavy atom. The third-order valence-electron chi connectivity index (χ3n) is 2.41. The van der Waals surface area contributed by atoms with Crippen molar-refractivity contribution in [2.24, 2.45) is 0 Å². The van der Waals surface area contributed by atoms with Crippen LogP contribution in [0.2, 0.25) is 0 Å². The molecule has 0 amide bonds. The van der Waals surface area contributed by atoms with Gasteiger partial charge >= 0.3 is 0 Å². The maximum atomic E-state index is 12.1. The number of nitrogen functional groups attached to an aromatic ring is 1. The molecule has 0 saturated carbocycles. The average Bonchev–Trinajstić information content (AvgIpc) is 2.30. The van der Waals surface area contributed by atoms with Gasteiger partial charge in [0.25, 0.3) is 0 Å². The molecule has 0 atom stereocenters. The molecule has 3 heteroatoms. The highest BCUT2D eigenvalue weighted by Crippen LogP contribution is 2.12. The van der Waals surface area contributed by atoms with Gasteiger partial charge in [-0.15, -0.1) is 0 Å². The molecule has 0 fully saturated rings. The molecule has 0 aliphatic carbocycles. The lowest BCUT2D eigenvalue weighted by Gasteiger charge is -2.03. The summed E-state index contributed by atoms with van der Waals surface area (Å²) in [5.74, 6) is -0.0712. The van der Waals surface area contributed by atoms with Crippen LogP contribution in [0.4, 0.5) is 5.69 Å². The van der Waals surface area contributed by atoms with Crippen molar-refractivity contribution >= 4 is 11.5 Å². The number of nitrogens with two attached hydrogens (primary N) is 1. The quantitative estimate of drug-likeness (QED) is 0.776. The third-order valence-corrected chi connectivity index (χ3v) is 2.41. The molecular weight excluding hydrogens is 200 g/mol. The Morgan fingerprint density at radius 3 is 2.56 bits per heavy atom. The lowest BCUT2D eigenvalue weighted by atomic mass is 10.0. The minimum Gasteiger partial charge on any atom is -0.397 e. The number of aromatic nitrogens is 1. The van der Waals surface area contributed by atoms with Gasteiger partial charge in [-0.2, -0.15) is 0 Å². The molecule has 0 bridgehead atoms. The second kappa shape index (κ2) is 4.14. The first-order valence-electron chi connectivity index (χ1n) is 5.00. The van der Waals surface area contributed by atoms with Crippen molar-refractivity contribution in [1.82, 2.24) is 4.98 Å². The summed E-state index contributed by atoms with van der Waals surface area (Å²) < 4.78 is 0. The average molecular weight is 212 g/mol. The molecule has 2 rings (SSSR count). The molecule has 0 unspecified atom stereocenters. The first-order valence-corrected chi connectivity index (χ1v) is 5.00. The van der Waals surface area contributed by atoms with E-state index in [0.717, 1.165) is 5.56 Å². The van der Waals surface area contributed by atoms with E-state index in [2.05, 4.69) is 4.98 Å². The molecule has 0 spiro atoms. The minimum atomic E-state index is -0.0712. The number of nitrogens with zero attached hydrogens (tertiary/aromatic N) is 1. The van der Waals surface area contributed by atoms with Gasteiger partial charge in [0.05, 0.1) is 11.9 Å². The molecule has 80 valence electrons. The summed E-state index contributed by atoms with van der Waals surface area (Å²) in [4.78, 5) is 16.1. The third kappa shape index (κ3) is 1.93.